The first-order chi connectivity index (χ1) is 9.29. The van der Waals surface area contributed by atoms with Crippen molar-refractivity contribution in [3.63, 3.8) is 0 Å². The average Bonchev–Trinajstić information content (AvgIpc) is 2.29. The topological polar surface area (TPSA) is 66.2 Å². The summed E-state index contributed by atoms with van der Waals surface area (Å²) in [7, 11) is 6.86. The lowest BCUT2D eigenvalue weighted by Crippen LogP contribution is -2.35. The van der Waals surface area contributed by atoms with E-state index in [1.165, 1.54) is 70.8 Å². The van der Waals surface area contributed by atoms with Gasteiger partial charge in [0, 0.05) is 0 Å². The van der Waals surface area contributed by atoms with Crippen LogP contribution in [-0.4, -0.2) is 37.3 Å². The van der Waals surface area contributed by atoms with Gasteiger partial charge in [0.1, 0.15) is 0 Å². The van der Waals surface area contributed by atoms with Crippen LogP contribution in [0.3, 0.4) is 0 Å². The van der Waals surface area contributed by atoms with Crippen molar-refractivity contribution in [2.45, 2.75) is 71.1 Å². The van der Waals surface area contributed by atoms with E-state index in [2.05, 4.69) is 28.1 Å². The van der Waals surface area contributed by atoms with E-state index in [0.717, 1.165) is 4.48 Å². The van der Waals surface area contributed by atoms with Crippen LogP contribution in [0.5, 0.6) is 0 Å². The van der Waals surface area contributed by atoms with Gasteiger partial charge in [-0.1, -0.05) is 58.3 Å². The first-order valence-electron chi connectivity index (χ1n) is 7.91. The normalized spacial score (nSPS) is 10.8. The van der Waals surface area contributed by atoms with Crippen LogP contribution in [0.4, 0.5) is 0 Å². The summed E-state index contributed by atoms with van der Waals surface area (Å²) < 4.78 is 1.12. The minimum Gasteiger partial charge on any atom is -0.356 e. The Bertz CT molecular complexity index is 212. The summed E-state index contributed by atoms with van der Waals surface area (Å²) in [6.07, 6.45) is 14.4. The van der Waals surface area contributed by atoms with Crippen LogP contribution < -0.4 is 0 Å². The van der Waals surface area contributed by atoms with Crippen LogP contribution in [0, 0.1) is 15.3 Å². The lowest BCUT2D eigenvalue weighted by Gasteiger charge is -2.23. The predicted molar refractivity (Wildman–Crippen MR) is 85.1 cm³/mol. The molecule has 0 fully saturated rings. The van der Waals surface area contributed by atoms with E-state index in [9.17, 15) is 0 Å². The summed E-state index contributed by atoms with van der Waals surface area (Å²) in [5.74, 6) is 0. The number of hydrogen-bond donors (Lipinski definition) is 0. The van der Waals surface area contributed by atoms with E-state index in [0.29, 0.717) is 0 Å². The summed E-state index contributed by atoms with van der Waals surface area (Å²) in [6.45, 7) is 3.62. The molecule has 5 nitrogen and oxygen atoms in total. The Kier molecular flexibility index (Phi) is 15.6. The molecule has 0 saturated heterocycles. The van der Waals surface area contributed by atoms with Crippen LogP contribution >= 0.6 is 0 Å². The summed E-state index contributed by atoms with van der Waals surface area (Å²) in [5.41, 5.74) is 0. The molecule has 0 aromatic rings. The molecule has 0 aromatic carbocycles. The third-order valence-corrected chi connectivity index (χ3v) is 3.18. The Balaban J connectivity index is 0. The largest absolute Gasteiger partial charge is 0.356 e. The van der Waals surface area contributed by atoms with Gasteiger partial charge < -0.3 is 19.8 Å². The van der Waals surface area contributed by atoms with Crippen molar-refractivity contribution in [1.82, 2.24) is 0 Å². The summed E-state index contributed by atoms with van der Waals surface area (Å²) in [6, 6.07) is 0. The molecule has 0 spiro atoms. The Morgan fingerprint density at radius 1 is 0.750 bits per heavy atom. The summed E-state index contributed by atoms with van der Waals surface area (Å²) in [5, 5.41) is 14.8. The van der Waals surface area contributed by atoms with E-state index in [-0.39, 0.29) is 0 Å². The van der Waals surface area contributed by atoms with Crippen LogP contribution in [0.15, 0.2) is 0 Å². The van der Waals surface area contributed by atoms with E-state index >= 15 is 0 Å². The molecule has 122 valence electrons. The molecule has 0 aliphatic heterocycles. The molecule has 0 bridgehead atoms. The van der Waals surface area contributed by atoms with Crippen molar-refractivity contribution < 1.29 is 9.57 Å². The fourth-order valence-electron chi connectivity index (χ4n) is 2.07. The monoisotopic (exact) mass is 290 g/mol. The molecule has 5 heteroatoms. The second kappa shape index (κ2) is 14.6. The van der Waals surface area contributed by atoms with Gasteiger partial charge >= 0.3 is 0 Å². The van der Waals surface area contributed by atoms with E-state index in [1.54, 1.807) is 0 Å². The standard InChI is InChI=1S/C15H34N.NO3/c1-5-6-7-8-9-10-11-12-13-14-15-16(2,3)4;2-1(3)4/h5-15H2,1-4H3;/q+1;-1. The highest BCUT2D eigenvalue weighted by atomic mass is 16.9. The minimum atomic E-state index is -1.75. The fraction of sp³-hybridized carbons (Fsp3) is 1.00. The van der Waals surface area contributed by atoms with Crippen LogP contribution in [0.2, 0.25) is 0 Å². The Morgan fingerprint density at radius 2 is 1.05 bits per heavy atom. The molecule has 0 aromatic heterocycles. The minimum absolute atomic E-state index is 1.12. The second-order valence-electron chi connectivity index (χ2n) is 6.42. The number of quaternary nitrogens is 1. The highest BCUT2D eigenvalue weighted by Crippen LogP contribution is 2.10. The second-order valence-corrected chi connectivity index (χ2v) is 6.42. The highest BCUT2D eigenvalue weighted by molar-refractivity contribution is 4.47. The van der Waals surface area contributed by atoms with Crippen molar-refractivity contribution in [1.29, 1.82) is 0 Å². The maximum Gasteiger partial charge on any atom is 0.0780 e. The van der Waals surface area contributed by atoms with E-state index in [1.807, 2.05) is 0 Å². The number of nitrogens with zero attached hydrogens (tertiary/aromatic N) is 2. The molecule has 0 rings (SSSR count). The first kappa shape index (κ1) is 21.5. The van der Waals surface area contributed by atoms with Gasteiger partial charge in [0.2, 0.25) is 0 Å². The fourth-order valence-corrected chi connectivity index (χ4v) is 2.07. The molecular weight excluding hydrogens is 256 g/mol. The zero-order valence-electron chi connectivity index (χ0n) is 13.9. The summed E-state index contributed by atoms with van der Waals surface area (Å²) in [4.78, 5) is 8.25. The van der Waals surface area contributed by atoms with Crippen LogP contribution in [0.25, 0.3) is 0 Å². The molecule has 0 atom stereocenters. The molecule has 0 unspecified atom stereocenters. The van der Waals surface area contributed by atoms with Crippen molar-refractivity contribution in [2.24, 2.45) is 0 Å². The molecule has 0 amide bonds. The van der Waals surface area contributed by atoms with Crippen molar-refractivity contribution in [3.8, 4) is 0 Å². The molecule has 0 radical (unpaired) electrons. The van der Waals surface area contributed by atoms with Gasteiger partial charge in [-0.15, -0.1) is 0 Å². The van der Waals surface area contributed by atoms with Crippen molar-refractivity contribution in [3.05, 3.63) is 15.3 Å². The predicted octanol–water partition coefficient (Wildman–Crippen LogP) is 4.37. The molecule has 0 N–H and O–H groups in total. The third kappa shape index (κ3) is 30.3. The maximum atomic E-state index is 8.25. The smallest absolute Gasteiger partial charge is 0.0780 e. The zero-order valence-corrected chi connectivity index (χ0v) is 13.9. The Labute approximate surface area is 124 Å². The van der Waals surface area contributed by atoms with Gasteiger partial charge in [-0.2, -0.15) is 0 Å². The SMILES string of the molecule is CCCCCCCCCCCC[N+](C)(C)C.O=[N+]([O-])[O-]. The van der Waals surface area contributed by atoms with Gasteiger partial charge in [0.25, 0.3) is 0 Å². The van der Waals surface area contributed by atoms with Gasteiger partial charge in [-0.25, -0.2) is 0 Å². The maximum absolute atomic E-state index is 8.25. The van der Waals surface area contributed by atoms with Crippen LogP contribution in [-0.2, 0) is 0 Å². The van der Waals surface area contributed by atoms with Crippen molar-refractivity contribution >= 4 is 0 Å². The van der Waals surface area contributed by atoms with Gasteiger partial charge in [0.15, 0.2) is 0 Å². The molecular formula is C15H34N2O3. The zero-order chi connectivity index (χ0) is 15.9. The first-order valence-corrected chi connectivity index (χ1v) is 7.91. The van der Waals surface area contributed by atoms with Gasteiger partial charge in [-0.3, -0.25) is 0 Å². The quantitative estimate of drug-likeness (QED) is 0.245. The Morgan fingerprint density at radius 3 is 1.35 bits per heavy atom. The summed E-state index contributed by atoms with van der Waals surface area (Å²) >= 11 is 0. The molecule has 0 saturated carbocycles. The van der Waals surface area contributed by atoms with E-state index in [4.69, 9.17) is 15.3 Å². The molecule has 0 aliphatic rings. The highest BCUT2D eigenvalue weighted by Gasteiger charge is 2.04. The average molecular weight is 290 g/mol. The van der Waals surface area contributed by atoms with Gasteiger partial charge in [-0.05, 0) is 12.8 Å². The third-order valence-electron chi connectivity index (χ3n) is 3.18. The number of hydrogen-bond acceptors (Lipinski definition) is 3. The molecule has 0 heterocycles. The van der Waals surface area contributed by atoms with Crippen molar-refractivity contribution in [2.75, 3.05) is 27.7 Å². The molecule has 20 heavy (non-hydrogen) atoms. The lowest BCUT2D eigenvalue weighted by atomic mass is 10.1. The Hall–Kier alpha value is -0.840. The molecule has 0 aliphatic carbocycles. The number of unbranched alkanes of at least 4 members (excludes halogenated alkanes) is 9. The van der Waals surface area contributed by atoms with Crippen LogP contribution in [0.1, 0.15) is 71.1 Å². The van der Waals surface area contributed by atoms with E-state index < -0.39 is 5.09 Å². The lowest BCUT2D eigenvalue weighted by molar-refractivity contribution is -0.870. The number of rotatable bonds is 11. The van der Waals surface area contributed by atoms with Gasteiger partial charge in [0.05, 0.1) is 32.8 Å².